The summed E-state index contributed by atoms with van der Waals surface area (Å²) < 4.78 is 12.6. The molecule has 2 aliphatic heterocycles. The number of carbonyl (C=O) groups excluding carboxylic acids is 1. The van der Waals surface area contributed by atoms with Crippen LogP contribution in [0.3, 0.4) is 0 Å². The molecule has 2 aromatic carbocycles. The van der Waals surface area contributed by atoms with Crippen molar-refractivity contribution in [1.82, 2.24) is 4.90 Å². The van der Waals surface area contributed by atoms with Crippen molar-refractivity contribution < 1.29 is 14.3 Å². The van der Waals surface area contributed by atoms with Crippen LogP contribution in [0.4, 0.5) is 5.69 Å². The zero-order valence-corrected chi connectivity index (χ0v) is 17.6. The highest BCUT2D eigenvalue weighted by atomic mass is 79.9. The highest BCUT2D eigenvalue weighted by molar-refractivity contribution is 9.10. The van der Waals surface area contributed by atoms with Gasteiger partial charge in [0.15, 0.2) is 11.5 Å². The molecule has 28 heavy (non-hydrogen) atoms. The van der Waals surface area contributed by atoms with Crippen molar-refractivity contribution in [2.24, 2.45) is 0 Å². The van der Waals surface area contributed by atoms with E-state index in [4.69, 9.17) is 9.47 Å². The molecule has 1 saturated heterocycles. The summed E-state index contributed by atoms with van der Waals surface area (Å²) in [5.74, 6) is 1.65. The predicted octanol–water partition coefficient (Wildman–Crippen LogP) is 4.69. The Bertz CT molecular complexity index is 871. The van der Waals surface area contributed by atoms with Gasteiger partial charge in [-0.15, -0.1) is 0 Å². The number of aryl methyl sites for hydroxylation is 1. The Hall–Kier alpha value is -2.05. The van der Waals surface area contributed by atoms with E-state index >= 15 is 0 Å². The number of likely N-dealkylation sites (tertiary alicyclic amines) is 1. The summed E-state index contributed by atoms with van der Waals surface area (Å²) in [6.07, 6.45) is 3.03. The number of amides is 1. The Morgan fingerprint density at radius 3 is 2.79 bits per heavy atom. The number of halogens is 1. The van der Waals surface area contributed by atoms with Gasteiger partial charge in [-0.1, -0.05) is 22.0 Å². The minimum absolute atomic E-state index is 0.0201. The Kier molecular flexibility index (Phi) is 5.87. The lowest BCUT2D eigenvalue weighted by atomic mass is 10.0. The molecule has 0 spiro atoms. The molecule has 0 radical (unpaired) electrons. The summed E-state index contributed by atoms with van der Waals surface area (Å²) in [5.41, 5.74) is 3.09. The first-order chi connectivity index (χ1) is 13.6. The summed E-state index contributed by atoms with van der Waals surface area (Å²) in [7, 11) is 0. The van der Waals surface area contributed by atoms with Crippen molar-refractivity contribution in [2.45, 2.75) is 32.2 Å². The fourth-order valence-electron chi connectivity index (χ4n) is 3.92. The van der Waals surface area contributed by atoms with E-state index in [2.05, 4.69) is 38.3 Å². The molecule has 0 saturated carbocycles. The number of rotatable bonds is 4. The van der Waals surface area contributed by atoms with Gasteiger partial charge in [0.25, 0.3) is 0 Å². The van der Waals surface area contributed by atoms with Crippen LogP contribution >= 0.6 is 15.9 Å². The predicted molar refractivity (Wildman–Crippen MR) is 113 cm³/mol. The molecule has 5 nitrogen and oxygen atoms in total. The Morgan fingerprint density at radius 2 is 1.96 bits per heavy atom. The van der Waals surface area contributed by atoms with E-state index in [-0.39, 0.29) is 11.9 Å². The van der Waals surface area contributed by atoms with Gasteiger partial charge in [-0.3, -0.25) is 9.69 Å². The molecule has 1 amide bonds. The number of fused-ring (bicyclic) bond motifs is 1. The average Bonchev–Trinajstić information content (AvgIpc) is 2.99. The van der Waals surface area contributed by atoms with E-state index in [9.17, 15) is 4.79 Å². The fourth-order valence-corrected chi connectivity index (χ4v) is 4.40. The first-order valence-electron chi connectivity index (χ1n) is 9.80. The van der Waals surface area contributed by atoms with E-state index in [1.807, 2.05) is 31.2 Å². The van der Waals surface area contributed by atoms with E-state index in [1.54, 1.807) is 0 Å². The SMILES string of the molecule is Cc1cc(Br)ccc1NC(=O)CN1CCC[C@@H]1c1ccc2c(c1)OCCCO2. The number of nitrogens with zero attached hydrogens (tertiary/aromatic N) is 1. The van der Waals surface area contributed by atoms with E-state index in [0.29, 0.717) is 19.8 Å². The zero-order valence-electron chi connectivity index (χ0n) is 16.0. The summed E-state index contributed by atoms with van der Waals surface area (Å²) >= 11 is 3.46. The first kappa shape index (κ1) is 19.3. The second kappa shape index (κ2) is 8.53. The topological polar surface area (TPSA) is 50.8 Å². The molecule has 0 bridgehead atoms. The van der Waals surface area contributed by atoms with E-state index in [1.165, 1.54) is 5.56 Å². The van der Waals surface area contributed by atoms with Crippen LogP contribution in [0.2, 0.25) is 0 Å². The second-order valence-corrected chi connectivity index (χ2v) is 8.31. The average molecular weight is 445 g/mol. The van der Waals surface area contributed by atoms with E-state index < -0.39 is 0 Å². The lowest BCUT2D eigenvalue weighted by Crippen LogP contribution is -2.33. The van der Waals surface area contributed by atoms with Gasteiger partial charge in [0.05, 0.1) is 19.8 Å². The molecule has 2 aromatic rings. The standard InChI is InChI=1S/C22H25BrN2O3/c1-15-12-17(23)6-7-18(15)24-22(26)14-25-9-2-4-19(25)16-5-8-20-21(13-16)28-11-3-10-27-20/h5-8,12-13,19H,2-4,9-11,14H2,1H3,(H,24,26)/t19-/m1/s1. The summed E-state index contributed by atoms with van der Waals surface area (Å²) in [6, 6.07) is 12.3. The number of anilines is 1. The molecular weight excluding hydrogens is 420 g/mol. The van der Waals surface area contributed by atoms with Gasteiger partial charge in [-0.05, 0) is 67.8 Å². The fraction of sp³-hybridized carbons (Fsp3) is 0.409. The number of ether oxygens (including phenoxy) is 2. The molecular formula is C22H25BrN2O3. The second-order valence-electron chi connectivity index (χ2n) is 7.39. The van der Waals surface area contributed by atoms with Crippen LogP contribution in [-0.4, -0.2) is 37.1 Å². The number of benzene rings is 2. The van der Waals surface area contributed by atoms with Crippen molar-refractivity contribution in [2.75, 3.05) is 31.6 Å². The molecule has 0 aliphatic carbocycles. The lowest BCUT2D eigenvalue weighted by molar-refractivity contribution is -0.117. The molecule has 6 heteroatoms. The van der Waals surface area contributed by atoms with Crippen LogP contribution in [0.15, 0.2) is 40.9 Å². The minimum Gasteiger partial charge on any atom is -0.490 e. The van der Waals surface area contributed by atoms with E-state index in [0.717, 1.165) is 53.0 Å². The van der Waals surface area contributed by atoms with Gasteiger partial charge in [0, 0.05) is 22.6 Å². The highest BCUT2D eigenvalue weighted by Crippen LogP contribution is 2.37. The molecule has 2 aliphatic rings. The van der Waals surface area contributed by atoms with Crippen LogP contribution in [0.5, 0.6) is 11.5 Å². The first-order valence-corrected chi connectivity index (χ1v) is 10.6. The van der Waals surface area contributed by atoms with Crippen molar-refractivity contribution in [3.63, 3.8) is 0 Å². The molecule has 1 N–H and O–H groups in total. The third-order valence-corrected chi connectivity index (χ3v) is 5.82. The van der Waals surface area contributed by atoms with Gasteiger partial charge < -0.3 is 14.8 Å². The summed E-state index contributed by atoms with van der Waals surface area (Å²) in [6.45, 7) is 4.68. The molecule has 148 valence electrons. The lowest BCUT2D eigenvalue weighted by Gasteiger charge is -2.25. The Labute approximate surface area is 174 Å². The van der Waals surface area contributed by atoms with Gasteiger partial charge in [-0.2, -0.15) is 0 Å². The van der Waals surface area contributed by atoms with Crippen LogP contribution in [0, 0.1) is 6.92 Å². The van der Waals surface area contributed by atoms with Gasteiger partial charge in [0.1, 0.15) is 0 Å². The third kappa shape index (κ3) is 4.33. The molecule has 2 heterocycles. The maximum absolute atomic E-state index is 12.7. The Morgan fingerprint density at radius 1 is 1.14 bits per heavy atom. The minimum atomic E-state index is 0.0201. The van der Waals surface area contributed by atoms with Crippen LogP contribution < -0.4 is 14.8 Å². The van der Waals surface area contributed by atoms with Crippen LogP contribution in [-0.2, 0) is 4.79 Å². The summed E-state index contributed by atoms with van der Waals surface area (Å²) in [4.78, 5) is 14.9. The maximum atomic E-state index is 12.7. The van der Waals surface area contributed by atoms with Crippen molar-refractivity contribution >= 4 is 27.5 Å². The zero-order chi connectivity index (χ0) is 19.5. The third-order valence-electron chi connectivity index (χ3n) is 5.33. The number of hydrogen-bond acceptors (Lipinski definition) is 4. The van der Waals surface area contributed by atoms with Gasteiger partial charge >= 0.3 is 0 Å². The highest BCUT2D eigenvalue weighted by Gasteiger charge is 2.28. The van der Waals surface area contributed by atoms with Crippen LogP contribution in [0.25, 0.3) is 0 Å². The number of nitrogens with one attached hydrogen (secondary N) is 1. The van der Waals surface area contributed by atoms with Crippen molar-refractivity contribution in [1.29, 1.82) is 0 Å². The largest absolute Gasteiger partial charge is 0.490 e. The Balaban J connectivity index is 1.45. The van der Waals surface area contributed by atoms with Gasteiger partial charge in [-0.25, -0.2) is 0 Å². The number of hydrogen-bond donors (Lipinski definition) is 1. The molecule has 0 aromatic heterocycles. The maximum Gasteiger partial charge on any atom is 0.238 e. The quantitative estimate of drug-likeness (QED) is 0.742. The van der Waals surface area contributed by atoms with Crippen molar-refractivity contribution in [3.05, 3.63) is 52.0 Å². The monoisotopic (exact) mass is 444 g/mol. The normalized spacial score (nSPS) is 19.3. The molecule has 4 rings (SSSR count). The smallest absolute Gasteiger partial charge is 0.238 e. The van der Waals surface area contributed by atoms with Crippen LogP contribution in [0.1, 0.15) is 36.4 Å². The van der Waals surface area contributed by atoms with Gasteiger partial charge in [0.2, 0.25) is 5.91 Å². The number of carbonyl (C=O) groups is 1. The molecule has 0 unspecified atom stereocenters. The molecule has 1 fully saturated rings. The van der Waals surface area contributed by atoms with Crippen molar-refractivity contribution in [3.8, 4) is 11.5 Å². The summed E-state index contributed by atoms with van der Waals surface area (Å²) in [5, 5.41) is 3.05. The molecule has 1 atom stereocenters.